The summed E-state index contributed by atoms with van der Waals surface area (Å²) < 4.78 is 28.1. The number of likely N-dealkylation sites (N-methyl/N-ethyl adjacent to an activating group) is 1. The first-order valence-electron chi connectivity index (χ1n) is 6.71. The largest absolute Gasteiger partial charge is 0.318 e. The number of hydrogen-bond donors (Lipinski definition) is 1. The minimum Gasteiger partial charge on any atom is -0.318 e. The van der Waals surface area contributed by atoms with Gasteiger partial charge in [0.15, 0.2) is 0 Å². The van der Waals surface area contributed by atoms with Gasteiger partial charge in [-0.3, -0.25) is 4.68 Å². The minimum absolute atomic E-state index is 0.144. The molecular formula is C12H22N4O2S. The van der Waals surface area contributed by atoms with Gasteiger partial charge >= 0.3 is 0 Å². The molecule has 2 rings (SSSR count). The fourth-order valence-electron chi connectivity index (χ4n) is 2.46. The Morgan fingerprint density at radius 2 is 2.16 bits per heavy atom. The molecule has 7 heteroatoms. The fraction of sp³-hybridized carbons (Fsp3) is 0.750. The van der Waals surface area contributed by atoms with E-state index in [2.05, 4.69) is 10.4 Å². The molecule has 108 valence electrons. The average Bonchev–Trinajstić information content (AvgIpc) is 3.06. The van der Waals surface area contributed by atoms with Crippen molar-refractivity contribution < 1.29 is 8.42 Å². The van der Waals surface area contributed by atoms with Crippen LogP contribution in [0, 0.1) is 0 Å². The highest BCUT2D eigenvalue weighted by atomic mass is 32.2. The first kappa shape index (κ1) is 14.5. The van der Waals surface area contributed by atoms with Crippen LogP contribution >= 0.6 is 0 Å². The van der Waals surface area contributed by atoms with E-state index >= 15 is 0 Å². The standard InChI is InChI=1S/C12H22N4O2S/c1-13-7-8-16-10-12(9-14-16)19(17,18)15(2)11-5-3-4-6-11/h9-11,13H,3-8H2,1-2H3. The first-order valence-corrected chi connectivity index (χ1v) is 8.15. The van der Waals surface area contributed by atoms with Crippen LogP contribution < -0.4 is 5.32 Å². The summed E-state index contributed by atoms with van der Waals surface area (Å²) in [6.07, 6.45) is 7.21. The van der Waals surface area contributed by atoms with E-state index in [9.17, 15) is 8.42 Å². The minimum atomic E-state index is -3.40. The summed E-state index contributed by atoms with van der Waals surface area (Å²) in [5, 5.41) is 7.11. The van der Waals surface area contributed by atoms with Crippen LogP contribution in [0.15, 0.2) is 17.3 Å². The van der Waals surface area contributed by atoms with E-state index in [1.807, 2.05) is 7.05 Å². The molecule has 6 nitrogen and oxygen atoms in total. The Hall–Kier alpha value is -0.920. The summed E-state index contributed by atoms with van der Waals surface area (Å²) >= 11 is 0. The SMILES string of the molecule is CNCCn1cc(S(=O)(=O)N(C)C2CCCC2)cn1. The van der Waals surface area contributed by atoms with Crippen molar-refractivity contribution in [2.75, 3.05) is 20.6 Å². The van der Waals surface area contributed by atoms with E-state index in [4.69, 9.17) is 0 Å². The molecule has 0 bridgehead atoms. The lowest BCUT2D eigenvalue weighted by Gasteiger charge is -2.22. The van der Waals surface area contributed by atoms with Crippen molar-refractivity contribution in [3.63, 3.8) is 0 Å². The number of aromatic nitrogens is 2. The lowest BCUT2D eigenvalue weighted by Crippen LogP contribution is -2.35. The zero-order valence-electron chi connectivity index (χ0n) is 11.5. The second-order valence-electron chi connectivity index (χ2n) is 5.00. The van der Waals surface area contributed by atoms with Crippen molar-refractivity contribution in [3.05, 3.63) is 12.4 Å². The number of hydrogen-bond acceptors (Lipinski definition) is 4. The van der Waals surface area contributed by atoms with E-state index in [-0.39, 0.29) is 10.9 Å². The summed E-state index contributed by atoms with van der Waals surface area (Å²) in [5.41, 5.74) is 0. The third-order valence-corrected chi connectivity index (χ3v) is 5.58. The average molecular weight is 286 g/mol. The van der Waals surface area contributed by atoms with Gasteiger partial charge in [-0.1, -0.05) is 12.8 Å². The summed E-state index contributed by atoms with van der Waals surface area (Å²) in [6.45, 7) is 1.43. The second kappa shape index (κ2) is 6.02. The smallest absolute Gasteiger partial charge is 0.246 e. The Bertz CT molecular complexity index is 506. The number of nitrogens with one attached hydrogen (secondary N) is 1. The summed E-state index contributed by atoms with van der Waals surface area (Å²) in [4.78, 5) is 0.290. The lowest BCUT2D eigenvalue weighted by atomic mass is 10.3. The van der Waals surface area contributed by atoms with Gasteiger partial charge in [-0.2, -0.15) is 9.40 Å². The first-order chi connectivity index (χ1) is 9.05. The van der Waals surface area contributed by atoms with Crippen molar-refractivity contribution in [2.24, 2.45) is 0 Å². The van der Waals surface area contributed by atoms with E-state index < -0.39 is 10.0 Å². The molecule has 1 N–H and O–H groups in total. The fourth-order valence-corrected chi connectivity index (χ4v) is 3.83. The van der Waals surface area contributed by atoms with Crippen molar-refractivity contribution >= 4 is 10.0 Å². The highest BCUT2D eigenvalue weighted by Gasteiger charge is 2.30. The lowest BCUT2D eigenvalue weighted by molar-refractivity contribution is 0.373. The monoisotopic (exact) mass is 286 g/mol. The van der Waals surface area contributed by atoms with E-state index in [1.165, 1.54) is 10.5 Å². The number of rotatable bonds is 6. The van der Waals surface area contributed by atoms with Gasteiger partial charge in [0.05, 0.1) is 12.7 Å². The Morgan fingerprint density at radius 3 is 2.79 bits per heavy atom. The van der Waals surface area contributed by atoms with Crippen molar-refractivity contribution in [1.82, 2.24) is 19.4 Å². The molecule has 0 saturated heterocycles. The maximum Gasteiger partial charge on any atom is 0.246 e. The van der Waals surface area contributed by atoms with Crippen LogP contribution in [0.3, 0.4) is 0 Å². The molecule has 1 fully saturated rings. The molecule has 0 aromatic carbocycles. The van der Waals surface area contributed by atoms with Crippen molar-refractivity contribution in [1.29, 1.82) is 0 Å². The van der Waals surface area contributed by atoms with Crippen LogP contribution in [0.4, 0.5) is 0 Å². The van der Waals surface area contributed by atoms with Crippen LogP contribution in [-0.2, 0) is 16.6 Å². The zero-order chi connectivity index (χ0) is 13.9. The zero-order valence-corrected chi connectivity index (χ0v) is 12.4. The Labute approximate surface area is 114 Å². The van der Waals surface area contributed by atoms with Crippen LogP contribution in [0.2, 0.25) is 0 Å². The van der Waals surface area contributed by atoms with Gasteiger partial charge in [0.25, 0.3) is 0 Å². The van der Waals surface area contributed by atoms with Crippen LogP contribution in [0.1, 0.15) is 25.7 Å². The maximum atomic E-state index is 12.5. The van der Waals surface area contributed by atoms with E-state index in [0.29, 0.717) is 6.54 Å². The third kappa shape index (κ3) is 3.16. The molecular weight excluding hydrogens is 264 g/mol. The van der Waals surface area contributed by atoms with E-state index in [0.717, 1.165) is 32.2 Å². The van der Waals surface area contributed by atoms with Gasteiger partial charge in [-0.15, -0.1) is 0 Å². The molecule has 0 atom stereocenters. The third-order valence-electron chi connectivity index (χ3n) is 3.72. The Kier molecular flexibility index (Phi) is 4.59. The molecule has 1 aliphatic rings. The summed E-state index contributed by atoms with van der Waals surface area (Å²) in [7, 11) is 0.136. The molecule has 1 aromatic heterocycles. The maximum absolute atomic E-state index is 12.5. The molecule has 1 saturated carbocycles. The topological polar surface area (TPSA) is 67.2 Å². The normalized spacial score (nSPS) is 17.4. The quantitative estimate of drug-likeness (QED) is 0.834. The van der Waals surface area contributed by atoms with Crippen LogP contribution in [-0.4, -0.2) is 49.2 Å². The Balaban J connectivity index is 2.12. The summed E-state index contributed by atoms with van der Waals surface area (Å²) in [5.74, 6) is 0. The molecule has 0 radical (unpaired) electrons. The molecule has 1 aromatic rings. The second-order valence-corrected chi connectivity index (χ2v) is 7.00. The van der Waals surface area contributed by atoms with Gasteiger partial charge in [0.1, 0.15) is 4.90 Å². The van der Waals surface area contributed by atoms with Gasteiger partial charge in [0, 0.05) is 25.8 Å². The molecule has 0 spiro atoms. The highest BCUT2D eigenvalue weighted by Crippen LogP contribution is 2.26. The van der Waals surface area contributed by atoms with Gasteiger partial charge in [-0.05, 0) is 19.9 Å². The summed E-state index contributed by atoms with van der Waals surface area (Å²) in [6, 6.07) is 0.144. The van der Waals surface area contributed by atoms with Crippen molar-refractivity contribution in [2.45, 2.75) is 43.2 Å². The van der Waals surface area contributed by atoms with Crippen LogP contribution in [0.25, 0.3) is 0 Å². The van der Waals surface area contributed by atoms with E-state index in [1.54, 1.807) is 17.9 Å². The molecule has 0 amide bonds. The number of nitrogens with zero attached hydrogens (tertiary/aromatic N) is 3. The molecule has 1 heterocycles. The predicted octanol–water partition coefficient (Wildman–Crippen LogP) is 0.666. The Morgan fingerprint density at radius 1 is 1.47 bits per heavy atom. The van der Waals surface area contributed by atoms with Crippen LogP contribution in [0.5, 0.6) is 0 Å². The highest BCUT2D eigenvalue weighted by molar-refractivity contribution is 7.89. The molecule has 19 heavy (non-hydrogen) atoms. The molecule has 0 aliphatic heterocycles. The van der Waals surface area contributed by atoms with Gasteiger partial charge in [-0.25, -0.2) is 8.42 Å². The molecule has 0 unspecified atom stereocenters. The van der Waals surface area contributed by atoms with Gasteiger partial charge in [0.2, 0.25) is 10.0 Å². The molecule has 1 aliphatic carbocycles. The van der Waals surface area contributed by atoms with Crippen molar-refractivity contribution in [3.8, 4) is 0 Å². The number of sulfonamides is 1. The van der Waals surface area contributed by atoms with Gasteiger partial charge < -0.3 is 5.32 Å². The predicted molar refractivity (Wildman–Crippen MR) is 73.4 cm³/mol.